The second-order valence-electron chi connectivity index (χ2n) is 10.9. The monoisotopic (exact) mass is 665 g/mol. The molecule has 0 aliphatic carbocycles. The number of sulfonamides is 1. The molecule has 5 rings (SSSR count). The molecule has 2 amide bonds. The highest BCUT2D eigenvalue weighted by Crippen LogP contribution is 2.29. The van der Waals surface area contributed by atoms with Gasteiger partial charge in [-0.3, -0.25) is 13.9 Å². The Morgan fingerprint density at radius 3 is 1.94 bits per heavy atom. The lowest BCUT2D eigenvalue weighted by atomic mass is 10.0. The molecule has 1 N–H and O–H groups in total. The number of anilines is 1. The van der Waals surface area contributed by atoms with E-state index in [0.717, 1.165) is 9.87 Å². The van der Waals surface area contributed by atoms with E-state index in [1.54, 1.807) is 67.6 Å². The van der Waals surface area contributed by atoms with Crippen LogP contribution in [0.25, 0.3) is 0 Å². The molecular formula is C38H36FN3O5S. The molecule has 0 bridgehead atoms. The highest BCUT2D eigenvalue weighted by molar-refractivity contribution is 7.92. The molecule has 246 valence electrons. The molecule has 0 aliphatic rings. The smallest absolute Gasteiger partial charge is 0.264 e. The SMILES string of the molecule is CCNC(=O)C(Cc1ccccc1)N(Cc1ccccc1F)C(=O)CN(c1ccc(Oc2ccccc2)cc1)S(=O)(=O)c1ccccc1. The second kappa shape index (κ2) is 15.9. The van der Waals surface area contributed by atoms with Gasteiger partial charge in [-0.15, -0.1) is 0 Å². The van der Waals surface area contributed by atoms with Crippen LogP contribution in [0.4, 0.5) is 10.1 Å². The number of nitrogens with zero attached hydrogens (tertiary/aromatic N) is 2. The van der Waals surface area contributed by atoms with Crippen molar-refractivity contribution < 1.29 is 27.1 Å². The highest BCUT2D eigenvalue weighted by atomic mass is 32.2. The van der Waals surface area contributed by atoms with Gasteiger partial charge in [-0.1, -0.05) is 84.9 Å². The van der Waals surface area contributed by atoms with Crippen molar-refractivity contribution in [2.75, 3.05) is 17.4 Å². The van der Waals surface area contributed by atoms with E-state index in [1.165, 1.54) is 35.2 Å². The van der Waals surface area contributed by atoms with Crippen molar-refractivity contribution in [3.05, 3.63) is 156 Å². The predicted octanol–water partition coefficient (Wildman–Crippen LogP) is 6.59. The molecule has 8 nitrogen and oxygen atoms in total. The third-order valence-electron chi connectivity index (χ3n) is 7.63. The number of amides is 2. The predicted molar refractivity (Wildman–Crippen MR) is 183 cm³/mol. The topological polar surface area (TPSA) is 96.0 Å². The lowest BCUT2D eigenvalue weighted by molar-refractivity contribution is -0.140. The summed E-state index contributed by atoms with van der Waals surface area (Å²) in [5, 5.41) is 2.80. The largest absolute Gasteiger partial charge is 0.457 e. The number of hydrogen-bond acceptors (Lipinski definition) is 5. The number of rotatable bonds is 14. The van der Waals surface area contributed by atoms with Crippen LogP contribution < -0.4 is 14.4 Å². The third-order valence-corrected chi connectivity index (χ3v) is 9.42. The molecule has 5 aromatic rings. The lowest BCUT2D eigenvalue weighted by Gasteiger charge is -2.34. The zero-order chi connectivity index (χ0) is 33.9. The molecule has 0 radical (unpaired) electrons. The lowest BCUT2D eigenvalue weighted by Crippen LogP contribution is -2.53. The van der Waals surface area contributed by atoms with E-state index in [4.69, 9.17) is 4.74 Å². The molecule has 1 atom stereocenters. The summed E-state index contributed by atoms with van der Waals surface area (Å²) < 4.78 is 50.2. The molecule has 0 aromatic heterocycles. The number of ether oxygens (including phenoxy) is 1. The Kier molecular flexibility index (Phi) is 11.2. The Hall–Kier alpha value is -5.48. The van der Waals surface area contributed by atoms with E-state index in [-0.39, 0.29) is 29.1 Å². The summed E-state index contributed by atoms with van der Waals surface area (Å²) in [6.07, 6.45) is 0.129. The van der Waals surface area contributed by atoms with Gasteiger partial charge in [0.25, 0.3) is 10.0 Å². The average Bonchev–Trinajstić information content (AvgIpc) is 3.11. The van der Waals surface area contributed by atoms with Crippen molar-refractivity contribution in [1.29, 1.82) is 0 Å². The van der Waals surface area contributed by atoms with E-state index in [1.807, 2.05) is 48.5 Å². The van der Waals surface area contributed by atoms with Gasteiger partial charge < -0.3 is 15.0 Å². The minimum absolute atomic E-state index is 0.0207. The molecule has 0 saturated heterocycles. The Labute approximate surface area is 280 Å². The molecular weight excluding hydrogens is 629 g/mol. The van der Waals surface area contributed by atoms with Crippen LogP contribution in [-0.2, 0) is 32.6 Å². The van der Waals surface area contributed by atoms with Crippen molar-refractivity contribution in [3.8, 4) is 11.5 Å². The van der Waals surface area contributed by atoms with Crippen molar-refractivity contribution >= 4 is 27.5 Å². The summed E-state index contributed by atoms with van der Waals surface area (Å²) in [6.45, 7) is 1.15. The van der Waals surface area contributed by atoms with Crippen LogP contribution in [-0.4, -0.2) is 44.3 Å². The van der Waals surface area contributed by atoms with Crippen LogP contribution in [0.3, 0.4) is 0 Å². The van der Waals surface area contributed by atoms with Crippen LogP contribution in [0.15, 0.2) is 144 Å². The maximum absolute atomic E-state index is 15.0. The van der Waals surface area contributed by atoms with Gasteiger partial charge in [0.2, 0.25) is 11.8 Å². The molecule has 0 saturated carbocycles. The van der Waals surface area contributed by atoms with Gasteiger partial charge in [-0.2, -0.15) is 0 Å². The van der Waals surface area contributed by atoms with Crippen molar-refractivity contribution in [2.45, 2.75) is 30.8 Å². The van der Waals surface area contributed by atoms with Gasteiger partial charge >= 0.3 is 0 Å². The van der Waals surface area contributed by atoms with E-state index >= 15 is 4.39 Å². The normalized spacial score (nSPS) is 11.7. The summed E-state index contributed by atoms with van der Waals surface area (Å²) in [5.41, 5.74) is 1.17. The molecule has 0 spiro atoms. The van der Waals surface area contributed by atoms with E-state index in [2.05, 4.69) is 5.32 Å². The first-order valence-corrected chi connectivity index (χ1v) is 17.0. The summed E-state index contributed by atoms with van der Waals surface area (Å²) >= 11 is 0. The van der Waals surface area contributed by atoms with Crippen LogP contribution in [0.5, 0.6) is 11.5 Å². The van der Waals surface area contributed by atoms with Crippen molar-refractivity contribution in [2.24, 2.45) is 0 Å². The summed E-state index contributed by atoms with van der Waals surface area (Å²) in [4.78, 5) is 29.3. The van der Waals surface area contributed by atoms with E-state index < -0.39 is 40.2 Å². The van der Waals surface area contributed by atoms with Crippen molar-refractivity contribution in [1.82, 2.24) is 10.2 Å². The van der Waals surface area contributed by atoms with Gasteiger partial charge in [0.15, 0.2) is 0 Å². The van der Waals surface area contributed by atoms with Crippen LogP contribution in [0, 0.1) is 5.82 Å². The summed E-state index contributed by atoms with van der Waals surface area (Å²) in [7, 11) is -4.28. The number of hydrogen-bond donors (Lipinski definition) is 1. The van der Waals surface area contributed by atoms with Gasteiger partial charge in [0.05, 0.1) is 10.6 Å². The average molecular weight is 666 g/mol. The number of carbonyl (C=O) groups is 2. The first kappa shape index (κ1) is 33.9. The van der Waals surface area contributed by atoms with Gasteiger partial charge in [0, 0.05) is 25.1 Å². The first-order chi connectivity index (χ1) is 23.3. The minimum atomic E-state index is -4.28. The summed E-state index contributed by atoms with van der Waals surface area (Å²) in [6, 6.07) is 37.3. The standard InChI is InChI=1S/C38H36FN3O5S/c1-2-40-38(44)36(26-29-14-6-3-7-15-29)41(27-30-16-12-13-21-35(30)39)37(43)28-42(48(45,46)34-19-10-5-11-20-34)31-22-24-33(25-23-31)47-32-17-8-4-9-18-32/h3-25,36H,2,26-28H2,1H3,(H,40,44). The molecule has 5 aromatic carbocycles. The number of halogens is 1. The molecule has 0 fully saturated rings. The Morgan fingerprint density at radius 2 is 1.31 bits per heavy atom. The maximum Gasteiger partial charge on any atom is 0.264 e. The van der Waals surface area contributed by atoms with E-state index in [9.17, 15) is 18.0 Å². The second-order valence-corrected chi connectivity index (χ2v) is 12.8. The molecule has 48 heavy (non-hydrogen) atoms. The third kappa shape index (κ3) is 8.45. The number of para-hydroxylation sites is 1. The van der Waals surface area contributed by atoms with Crippen LogP contribution >= 0.6 is 0 Å². The van der Waals surface area contributed by atoms with Crippen LogP contribution in [0.1, 0.15) is 18.1 Å². The van der Waals surface area contributed by atoms with E-state index in [0.29, 0.717) is 18.0 Å². The van der Waals surface area contributed by atoms with Gasteiger partial charge in [-0.05, 0) is 67.1 Å². The van der Waals surface area contributed by atoms with Gasteiger partial charge in [-0.25, -0.2) is 12.8 Å². The van der Waals surface area contributed by atoms with Crippen LogP contribution in [0.2, 0.25) is 0 Å². The molecule has 10 heteroatoms. The quantitative estimate of drug-likeness (QED) is 0.144. The Balaban J connectivity index is 1.55. The Bertz CT molecular complexity index is 1910. The zero-order valence-electron chi connectivity index (χ0n) is 26.4. The van der Waals surface area contributed by atoms with Gasteiger partial charge in [0.1, 0.15) is 29.9 Å². The summed E-state index contributed by atoms with van der Waals surface area (Å²) in [5.74, 6) is -0.602. The number of nitrogens with one attached hydrogen (secondary N) is 1. The first-order valence-electron chi connectivity index (χ1n) is 15.5. The zero-order valence-corrected chi connectivity index (χ0v) is 27.2. The molecule has 0 aliphatic heterocycles. The molecule has 0 heterocycles. The van der Waals surface area contributed by atoms with Crippen molar-refractivity contribution in [3.63, 3.8) is 0 Å². The fourth-order valence-corrected chi connectivity index (χ4v) is 6.64. The fourth-order valence-electron chi connectivity index (χ4n) is 5.21. The number of carbonyl (C=O) groups excluding carboxylic acids is 2. The fraction of sp³-hybridized carbons (Fsp3) is 0.158. The molecule has 1 unspecified atom stereocenters. The number of benzene rings is 5. The minimum Gasteiger partial charge on any atom is -0.457 e. The highest BCUT2D eigenvalue weighted by Gasteiger charge is 2.34. The maximum atomic E-state index is 15.0. The number of likely N-dealkylation sites (N-methyl/N-ethyl adjacent to an activating group) is 1. The Morgan fingerprint density at radius 1 is 0.750 bits per heavy atom.